The molecule has 0 saturated carbocycles. The molecule has 2 heterocycles. The Bertz CT molecular complexity index is 1290. The van der Waals surface area contributed by atoms with Crippen molar-refractivity contribution in [2.75, 3.05) is 32.8 Å². The summed E-state index contributed by atoms with van der Waals surface area (Å²) in [4.78, 5) is 2.55. The first-order chi connectivity index (χ1) is 18.7. The Hall–Kier alpha value is -3.24. The van der Waals surface area contributed by atoms with Crippen LogP contribution in [0, 0.1) is 6.92 Å². The predicted octanol–water partition coefficient (Wildman–Crippen LogP) is 8.10. The second kappa shape index (κ2) is 13.0. The van der Waals surface area contributed by atoms with E-state index in [4.69, 9.17) is 9.47 Å². The van der Waals surface area contributed by atoms with Crippen LogP contribution in [0.4, 0.5) is 0 Å². The number of hydrogen-bond donors (Lipinski definition) is 0. The van der Waals surface area contributed by atoms with Gasteiger partial charge in [-0.3, -0.25) is 4.90 Å². The fourth-order valence-electron chi connectivity index (χ4n) is 5.58. The molecule has 0 aliphatic carbocycles. The van der Waals surface area contributed by atoms with E-state index in [1.807, 2.05) is 0 Å². The Morgan fingerprint density at radius 2 is 1.47 bits per heavy atom. The van der Waals surface area contributed by atoms with Gasteiger partial charge in [0.2, 0.25) is 0 Å². The van der Waals surface area contributed by atoms with E-state index in [9.17, 15) is 0 Å². The molecule has 4 heteroatoms. The van der Waals surface area contributed by atoms with Crippen LogP contribution in [0.2, 0.25) is 0 Å². The predicted molar refractivity (Wildman–Crippen MR) is 158 cm³/mol. The number of likely N-dealkylation sites (tertiary alicyclic amines) is 1. The van der Waals surface area contributed by atoms with E-state index in [-0.39, 0.29) is 0 Å². The second-order valence-corrected chi connectivity index (χ2v) is 10.6. The highest BCUT2D eigenvalue weighted by Gasteiger charge is 2.17. The van der Waals surface area contributed by atoms with Gasteiger partial charge in [0.25, 0.3) is 0 Å². The van der Waals surface area contributed by atoms with Crippen LogP contribution < -0.4 is 9.47 Å². The Balaban J connectivity index is 1.34. The van der Waals surface area contributed by atoms with Gasteiger partial charge >= 0.3 is 0 Å². The van der Waals surface area contributed by atoms with Gasteiger partial charge in [-0.05, 0) is 86.3 Å². The zero-order valence-electron chi connectivity index (χ0n) is 23.1. The zero-order chi connectivity index (χ0) is 26.2. The Kier molecular flexibility index (Phi) is 9.03. The molecule has 5 rings (SSSR count). The summed E-state index contributed by atoms with van der Waals surface area (Å²) in [6, 6.07) is 25.9. The molecule has 4 nitrogen and oxygen atoms in total. The van der Waals surface area contributed by atoms with E-state index in [1.165, 1.54) is 72.1 Å². The Morgan fingerprint density at radius 1 is 0.763 bits per heavy atom. The van der Waals surface area contributed by atoms with Crippen LogP contribution in [0.1, 0.15) is 56.6 Å². The van der Waals surface area contributed by atoms with Crippen LogP contribution in [0.25, 0.3) is 22.2 Å². The molecule has 0 unspecified atom stereocenters. The van der Waals surface area contributed by atoms with Gasteiger partial charge in [-0.1, -0.05) is 68.7 Å². The number of rotatable bonds is 11. The van der Waals surface area contributed by atoms with E-state index in [2.05, 4.69) is 96.1 Å². The third-order valence-electron chi connectivity index (χ3n) is 7.74. The second-order valence-electron chi connectivity index (χ2n) is 10.6. The monoisotopic (exact) mass is 510 g/mol. The summed E-state index contributed by atoms with van der Waals surface area (Å²) >= 11 is 0. The lowest BCUT2D eigenvalue weighted by atomic mass is 10.1. The Labute approximate surface area is 228 Å². The first-order valence-corrected chi connectivity index (χ1v) is 14.5. The van der Waals surface area contributed by atoms with Crippen LogP contribution in [0.5, 0.6) is 11.5 Å². The zero-order valence-corrected chi connectivity index (χ0v) is 23.1. The molecular formula is C34H42N2O2. The molecule has 1 aliphatic heterocycles. The maximum absolute atomic E-state index is 6.11. The van der Waals surface area contributed by atoms with Gasteiger partial charge in [0, 0.05) is 24.0 Å². The number of hydrogen-bond acceptors (Lipinski definition) is 3. The molecule has 38 heavy (non-hydrogen) atoms. The standard InChI is InChI=1S/C34H42N2O2/c1-3-4-23-37-31-18-19-33-32(25-31)27(2)34(29-12-8-7-9-13-29)36(33)26-28-14-16-30(17-15-28)38-24-22-35-20-10-5-6-11-21-35/h7-9,12-19,25H,3-6,10-11,20-24,26H2,1-2H3. The maximum atomic E-state index is 6.11. The molecule has 0 atom stereocenters. The van der Waals surface area contributed by atoms with E-state index in [0.717, 1.165) is 50.6 Å². The topological polar surface area (TPSA) is 26.6 Å². The highest BCUT2D eigenvalue weighted by molar-refractivity contribution is 5.92. The highest BCUT2D eigenvalue weighted by atomic mass is 16.5. The van der Waals surface area contributed by atoms with Gasteiger partial charge in [0.1, 0.15) is 18.1 Å². The summed E-state index contributed by atoms with van der Waals surface area (Å²) in [6.07, 6.45) is 7.59. The summed E-state index contributed by atoms with van der Waals surface area (Å²) in [6.45, 7) is 10.2. The number of aromatic nitrogens is 1. The van der Waals surface area contributed by atoms with Crippen molar-refractivity contribution in [3.05, 3.63) is 83.9 Å². The average molecular weight is 511 g/mol. The summed E-state index contributed by atoms with van der Waals surface area (Å²) in [5.41, 5.74) is 6.30. The largest absolute Gasteiger partial charge is 0.494 e. The molecule has 0 radical (unpaired) electrons. The molecule has 0 N–H and O–H groups in total. The van der Waals surface area contributed by atoms with Gasteiger partial charge < -0.3 is 14.0 Å². The lowest BCUT2D eigenvalue weighted by Crippen LogP contribution is -2.29. The van der Waals surface area contributed by atoms with Crippen LogP contribution in [0.15, 0.2) is 72.8 Å². The van der Waals surface area contributed by atoms with Crippen molar-refractivity contribution >= 4 is 10.9 Å². The lowest BCUT2D eigenvalue weighted by molar-refractivity contribution is 0.214. The molecule has 0 bridgehead atoms. The highest BCUT2D eigenvalue weighted by Crippen LogP contribution is 2.36. The molecule has 200 valence electrons. The van der Waals surface area contributed by atoms with Crippen molar-refractivity contribution in [1.29, 1.82) is 0 Å². The fraction of sp³-hybridized carbons (Fsp3) is 0.412. The molecule has 1 fully saturated rings. The quantitative estimate of drug-likeness (QED) is 0.191. The third-order valence-corrected chi connectivity index (χ3v) is 7.74. The van der Waals surface area contributed by atoms with Gasteiger partial charge in [-0.15, -0.1) is 0 Å². The van der Waals surface area contributed by atoms with Crippen molar-refractivity contribution < 1.29 is 9.47 Å². The lowest BCUT2D eigenvalue weighted by Gasteiger charge is -2.19. The molecule has 1 saturated heterocycles. The Morgan fingerprint density at radius 3 is 2.21 bits per heavy atom. The smallest absolute Gasteiger partial charge is 0.120 e. The molecular weight excluding hydrogens is 468 g/mol. The number of ether oxygens (including phenoxy) is 2. The molecule has 1 aromatic heterocycles. The summed E-state index contributed by atoms with van der Waals surface area (Å²) in [5.74, 6) is 1.90. The molecule has 0 amide bonds. The van der Waals surface area contributed by atoms with Crippen LogP contribution in [-0.2, 0) is 6.54 Å². The first kappa shape index (κ1) is 26.4. The van der Waals surface area contributed by atoms with E-state index < -0.39 is 0 Å². The molecule has 0 spiro atoms. The van der Waals surface area contributed by atoms with Gasteiger partial charge in [0.15, 0.2) is 0 Å². The maximum Gasteiger partial charge on any atom is 0.120 e. The fourth-order valence-corrected chi connectivity index (χ4v) is 5.58. The third kappa shape index (κ3) is 6.42. The minimum absolute atomic E-state index is 0.752. The minimum Gasteiger partial charge on any atom is -0.494 e. The van der Waals surface area contributed by atoms with Crippen LogP contribution >= 0.6 is 0 Å². The van der Waals surface area contributed by atoms with Gasteiger partial charge in [-0.25, -0.2) is 0 Å². The van der Waals surface area contributed by atoms with Crippen LogP contribution in [0.3, 0.4) is 0 Å². The molecule has 1 aliphatic rings. The summed E-state index contributed by atoms with van der Waals surface area (Å²) in [7, 11) is 0. The average Bonchev–Trinajstić information content (AvgIpc) is 3.08. The van der Waals surface area contributed by atoms with E-state index in [0.29, 0.717) is 0 Å². The number of unbranched alkanes of at least 4 members (excludes halogenated alkanes) is 1. The van der Waals surface area contributed by atoms with Crippen molar-refractivity contribution in [2.24, 2.45) is 0 Å². The molecule has 3 aromatic carbocycles. The van der Waals surface area contributed by atoms with Crippen LogP contribution in [-0.4, -0.2) is 42.3 Å². The summed E-state index contributed by atoms with van der Waals surface area (Å²) in [5, 5.41) is 1.26. The molecule has 4 aromatic rings. The number of aryl methyl sites for hydroxylation is 1. The number of nitrogens with zero attached hydrogens (tertiary/aromatic N) is 2. The first-order valence-electron chi connectivity index (χ1n) is 14.5. The summed E-state index contributed by atoms with van der Waals surface area (Å²) < 4.78 is 14.6. The number of benzene rings is 3. The van der Waals surface area contributed by atoms with Crippen molar-refractivity contribution in [3.8, 4) is 22.8 Å². The number of fused-ring (bicyclic) bond motifs is 1. The van der Waals surface area contributed by atoms with Crippen molar-refractivity contribution in [1.82, 2.24) is 9.47 Å². The van der Waals surface area contributed by atoms with Crippen molar-refractivity contribution in [3.63, 3.8) is 0 Å². The van der Waals surface area contributed by atoms with E-state index in [1.54, 1.807) is 0 Å². The van der Waals surface area contributed by atoms with Crippen molar-refractivity contribution in [2.45, 2.75) is 58.9 Å². The van der Waals surface area contributed by atoms with E-state index >= 15 is 0 Å². The van der Waals surface area contributed by atoms with Gasteiger partial charge in [-0.2, -0.15) is 0 Å². The SMILES string of the molecule is CCCCOc1ccc2c(c1)c(C)c(-c1ccccc1)n2Cc1ccc(OCCN2CCCCCC2)cc1. The minimum atomic E-state index is 0.752. The normalized spacial score (nSPS) is 14.5. The van der Waals surface area contributed by atoms with Gasteiger partial charge in [0.05, 0.1) is 12.3 Å².